The van der Waals surface area contributed by atoms with Gasteiger partial charge in [-0.1, -0.05) is 11.6 Å². The van der Waals surface area contributed by atoms with Gasteiger partial charge in [0, 0.05) is 12.7 Å². The third kappa shape index (κ3) is 2.63. The maximum Gasteiger partial charge on any atom is 0.326 e. The highest BCUT2D eigenvalue weighted by molar-refractivity contribution is 6.29. The van der Waals surface area contributed by atoms with Crippen LogP contribution in [0.4, 0.5) is 0 Å². The largest absolute Gasteiger partial charge is 0.326 e. The third-order valence-electron chi connectivity index (χ3n) is 2.98. The molecule has 0 aliphatic carbocycles. The van der Waals surface area contributed by atoms with E-state index in [2.05, 4.69) is 10.3 Å². The van der Waals surface area contributed by atoms with Crippen LogP contribution in [0.3, 0.4) is 0 Å². The molecule has 0 spiro atoms. The normalized spacial score (nSPS) is 21.8. The number of piperidine rings is 1. The minimum absolute atomic E-state index is 0.108. The number of hydrogen-bond donors (Lipinski definition) is 2. The molecule has 0 amide bonds. The molecular formula is C10H16ClN3O. The molecule has 1 aliphatic rings. The SMILES string of the molecule is O=c1[nH]cc(Cl)n1CCC1CCCNC1. The molecule has 2 N–H and O–H groups in total. The Morgan fingerprint density at radius 1 is 1.60 bits per heavy atom. The van der Waals surface area contributed by atoms with E-state index in [1.165, 1.54) is 12.8 Å². The van der Waals surface area contributed by atoms with Crippen molar-refractivity contribution in [2.24, 2.45) is 5.92 Å². The van der Waals surface area contributed by atoms with Crippen LogP contribution in [-0.4, -0.2) is 22.6 Å². The number of nitrogens with zero attached hydrogens (tertiary/aromatic N) is 1. The Morgan fingerprint density at radius 2 is 2.47 bits per heavy atom. The Bertz CT molecular complexity index is 365. The summed E-state index contributed by atoms with van der Waals surface area (Å²) in [4.78, 5) is 13.9. The predicted molar refractivity (Wildman–Crippen MR) is 60.3 cm³/mol. The first kappa shape index (κ1) is 10.8. The summed E-state index contributed by atoms with van der Waals surface area (Å²) in [5.41, 5.74) is -0.108. The summed E-state index contributed by atoms with van der Waals surface area (Å²) in [6.07, 6.45) is 5.05. The summed E-state index contributed by atoms with van der Waals surface area (Å²) < 4.78 is 1.59. The van der Waals surface area contributed by atoms with Crippen LogP contribution in [0.25, 0.3) is 0 Å². The first-order valence-corrected chi connectivity index (χ1v) is 5.79. The van der Waals surface area contributed by atoms with E-state index in [1.54, 1.807) is 10.8 Å². The van der Waals surface area contributed by atoms with Crippen LogP contribution >= 0.6 is 11.6 Å². The molecule has 1 aromatic rings. The number of H-pyrrole nitrogens is 1. The van der Waals surface area contributed by atoms with E-state index in [4.69, 9.17) is 11.6 Å². The summed E-state index contributed by atoms with van der Waals surface area (Å²) in [5.74, 6) is 0.677. The van der Waals surface area contributed by atoms with Gasteiger partial charge in [0.1, 0.15) is 5.15 Å². The topological polar surface area (TPSA) is 49.8 Å². The van der Waals surface area contributed by atoms with E-state index < -0.39 is 0 Å². The Labute approximate surface area is 93.6 Å². The second-order valence-corrected chi connectivity index (χ2v) is 4.46. The van der Waals surface area contributed by atoms with Crippen LogP contribution in [0.15, 0.2) is 11.0 Å². The van der Waals surface area contributed by atoms with Gasteiger partial charge in [-0.3, -0.25) is 4.57 Å². The highest BCUT2D eigenvalue weighted by Crippen LogP contribution is 2.15. The molecule has 84 valence electrons. The van der Waals surface area contributed by atoms with Gasteiger partial charge >= 0.3 is 5.69 Å². The second kappa shape index (κ2) is 4.86. The van der Waals surface area contributed by atoms with E-state index in [0.29, 0.717) is 17.6 Å². The Balaban J connectivity index is 1.89. The summed E-state index contributed by atoms with van der Waals surface area (Å²) in [5, 5.41) is 3.87. The molecule has 2 heterocycles. The predicted octanol–water partition coefficient (Wildman–Crippen LogP) is 1.22. The van der Waals surface area contributed by atoms with E-state index in [1.807, 2.05) is 0 Å². The van der Waals surface area contributed by atoms with Gasteiger partial charge in [0.05, 0.1) is 0 Å². The minimum Gasteiger partial charge on any atom is -0.316 e. The van der Waals surface area contributed by atoms with E-state index >= 15 is 0 Å². The van der Waals surface area contributed by atoms with Crippen molar-refractivity contribution < 1.29 is 0 Å². The lowest BCUT2D eigenvalue weighted by Crippen LogP contribution is -2.31. The van der Waals surface area contributed by atoms with Crippen molar-refractivity contribution in [3.63, 3.8) is 0 Å². The smallest absolute Gasteiger partial charge is 0.316 e. The highest BCUT2D eigenvalue weighted by Gasteiger charge is 2.13. The van der Waals surface area contributed by atoms with Crippen LogP contribution < -0.4 is 11.0 Å². The van der Waals surface area contributed by atoms with Crippen molar-refractivity contribution in [2.75, 3.05) is 13.1 Å². The highest BCUT2D eigenvalue weighted by atomic mass is 35.5. The molecule has 15 heavy (non-hydrogen) atoms. The van der Waals surface area contributed by atoms with Gasteiger partial charge in [-0.15, -0.1) is 0 Å². The van der Waals surface area contributed by atoms with Crippen LogP contribution in [0.2, 0.25) is 5.15 Å². The van der Waals surface area contributed by atoms with Crippen molar-refractivity contribution in [3.8, 4) is 0 Å². The van der Waals surface area contributed by atoms with Crippen LogP contribution in [0.1, 0.15) is 19.3 Å². The minimum atomic E-state index is -0.108. The number of halogens is 1. The lowest BCUT2D eigenvalue weighted by Gasteiger charge is -2.22. The number of hydrogen-bond acceptors (Lipinski definition) is 2. The number of aromatic nitrogens is 2. The zero-order valence-corrected chi connectivity index (χ0v) is 9.39. The molecular weight excluding hydrogens is 214 g/mol. The van der Waals surface area contributed by atoms with Crippen molar-refractivity contribution >= 4 is 11.6 Å². The van der Waals surface area contributed by atoms with Gasteiger partial charge < -0.3 is 10.3 Å². The van der Waals surface area contributed by atoms with Gasteiger partial charge in [0.25, 0.3) is 0 Å². The fourth-order valence-corrected chi connectivity index (χ4v) is 2.28. The molecule has 0 aromatic carbocycles. The fraction of sp³-hybridized carbons (Fsp3) is 0.700. The number of nitrogens with one attached hydrogen (secondary N) is 2. The fourth-order valence-electron chi connectivity index (χ4n) is 2.06. The standard InChI is InChI=1S/C10H16ClN3O/c11-9-7-13-10(15)14(9)5-3-8-2-1-4-12-6-8/h7-8,12H,1-6H2,(H,13,15). The quantitative estimate of drug-likeness (QED) is 0.819. The molecule has 2 rings (SSSR count). The molecule has 1 unspecified atom stereocenters. The zero-order valence-electron chi connectivity index (χ0n) is 8.63. The molecule has 1 saturated heterocycles. The molecule has 1 aliphatic heterocycles. The number of rotatable bonds is 3. The lowest BCUT2D eigenvalue weighted by atomic mass is 9.96. The molecule has 0 saturated carbocycles. The van der Waals surface area contributed by atoms with Gasteiger partial charge in [0.15, 0.2) is 0 Å². The molecule has 0 radical (unpaired) electrons. The van der Waals surface area contributed by atoms with Gasteiger partial charge in [0.2, 0.25) is 0 Å². The maximum absolute atomic E-state index is 11.3. The first-order chi connectivity index (χ1) is 7.27. The first-order valence-electron chi connectivity index (χ1n) is 5.42. The summed E-state index contributed by atoms with van der Waals surface area (Å²) >= 11 is 5.88. The number of aromatic amines is 1. The van der Waals surface area contributed by atoms with Crippen LogP contribution in [-0.2, 0) is 6.54 Å². The number of imidazole rings is 1. The molecule has 1 fully saturated rings. The lowest BCUT2D eigenvalue weighted by molar-refractivity contribution is 0.340. The van der Waals surface area contributed by atoms with Gasteiger partial charge in [-0.2, -0.15) is 0 Å². The Morgan fingerprint density at radius 3 is 3.07 bits per heavy atom. The summed E-state index contributed by atoms with van der Waals surface area (Å²) in [6.45, 7) is 2.91. The Kier molecular flexibility index (Phi) is 3.49. The second-order valence-electron chi connectivity index (χ2n) is 4.07. The summed E-state index contributed by atoms with van der Waals surface area (Å²) in [6, 6.07) is 0. The van der Waals surface area contributed by atoms with Crippen LogP contribution in [0.5, 0.6) is 0 Å². The van der Waals surface area contributed by atoms with Crippen LogP contribution in [0, 0.1) is 5.92 Å². The van der Waals surface area contributed by atoms with Gasteiger partial charge in [-0.25, -0.2) is 4.79 Å². The average molecular weight is 230 g/mol. The monoisotopic (exact) mass is 229 g/mol. The zero-order chi connectivity index (χ0) is 10.7. The molecule has 0 bridgehead atoms. The summed E-state index contributed by atoms with van der Waals surface area (Å²) in [7, 11) is 0. The van der Waals surface area contributed by atoms with Crippen molar-refractivity contribution in [2.45, 2.75) is 25.8 Å². The van der Waals surface area contributed by atoms with Crippen molar-refractivity contribution in [1.29, 1.82) is 0 Å². The molecule has 5 heteroatoms. The van der Waals surface area contributed by atoms with Crippen molar-refractivity contribution in [3.05, 3.63) is 21.8 Å². The average Bonchev–Trinajstić information content (AvgIpc) is 2.58. The third-order valence-corrected chi connectivity index (χ3v) is 3.29. The van der Waals surface area contributed by atoms with E-state index in [0.717, 1.165) is 19.5 Å². The van der Waals surface area contributed by atoms with E-state index in [9.17, 15) is 4.79 Å². The van der Waals surface area contributed by atoms with E-state index in [-0.39, 0.29) is 5.69 Å². The molecule has 1 atom stereocenters. The Hall–Kier alpha value is -0.740. The van der Waals surface area contributed by atoms with Crippen molar-refractivity contribution in [1.82, 2.24) is 14.9 Å². The maximum atomic E-state index is 11.3. The van der Waals surface area contributed by atoms with Gasteiger partial charge in [-0.05, 0) is 38.3 Å². The molecule has 1 aromatic heterocycles. The molecule has 4 nitrogen and oxygen atoms in total.